The summed E-state index contributed by atoms with van der Waals surface area (Å²) in [7, 11) is 1.67. The molecule has 1 unspecified atom stereocenters. The average molecular weight is 235 g/mol. The van der Waals surface area contributed by atoms with Crippen LogP contribution >= 0.6 is 0 Å². The third-order valence-electron chi connectivity index (χ3n) is 2.11. The number of nitrogens with one attached hydrogen (secondary N) is 1. The maximum atomic E-state index is 11.4. The lowest BCUT2D eigenvalue weighted by molar-refractivity contribution is -0.142. The SMILES string of the molecule is C#CCCC(=O)NC(C(=O)O)c1cnn(C)c1. The van der Waals surface area contributed by atoms with Crippen molar-refractivity contribution in [1.82, 2.24) is 15.1 Å². The predicted molar refractivity (Wildman–Crippen MR) is 59.8 cm³/mol. The highest BCUT2D eigenvalue weighted by atomic mass is 16.4. The van der Waals surface area contributed by atoms with Gasteiger partial charge in [0.15, 0.2) is 6.04 Å². The highest BCUT2D eigenvalue weighted by Crippen LogP contribution is 2.12. The monoisotopic (exact) mass is 235 g/mol. The number of aliphatic carboxylic acids is 1. The Kier molecular flexibility index (Phi) is 4.29. The molecule has 1 aromatic heterocycles. The topological polar surface area (TPSA) is 84.2 Å². The van der Waals surface area contributed by atoms with Crippen LogP contribution in [0.5, 0.6) is 0 Å². The van der Waals surface area contributed by atoms with Crippen molar-refractivity contribution in [2.45, 2.75) is 18.9 Å². The molecule has 1 amide bonds. The number of aromatic nitrogens is 2. The van der Waals surface area contributed by atoms with Gasteiger partial charge in [0.25, 0.3) is 0 Å². The van der Waals surface area contributed by atoms with Gasteiger partial charge in [-0.15, -0.1) is 12.3 Å². The number of carboxylic acids is 1. The molecule has 6 nitrogen and oxygen atoms in total. The molecule has 1 atom stereocenters. The van der Waals surface area contributed by atoms with Gasteiger partial charge in [-0.25, -0.2) is 4.79 Å². The van der Waals surface area contributed by atoms with Crippen LogP contribution in [0, 0.1) is 12.3 Å². The maximum absolute atomic E-state index is 11.4. The van der Waals surface area contributed by atoms with Gasteiger partial charge >= 0.3 is 5.97 Å². The molecule has 0 saturated heterocycles. The van der Waals surface area contributed by atoms with Crippen molar-refractivity contribution in [3.63, 3.8) is 0 Å². The summed E-state index contributed by atoms with van der Waals surface area (Å²) in [6, 6.07) is -1.09. The molecule has 1 aromatic rings. The third kappa shape index (κ3) is 3.65. The smallest absolute Gasteiger partial charge is 0.331 e. The van der Waals surface area contributed by atoms with Crippen LogP contribution in [0.4, 0.5) is 0 Å². The normalized spacial score (nSPS) is 11.5. The van der Waals surface area contributed by atoms with Gasteiger partial charge in [0.05, 0.1) is 6.20 Å². The molecule has 0 bridgehead atoms. The Morgan fingerprint density at radius 1 is 1.71 bits per heavy atom. The average Bonchev–Trinajstić information content (AvgIpc) is 2.69. The van der Waals surface area contributed by atoms with Crippen LogP contribution in [0.15, 0.2) is 12.4 Å². The lowest BCUT2D eigenvalue weighted by Crippen LogP contribution is -2.33. The molecule has 0 saturated carbocycles. The van der Waals surface area contributed by atoms with Gasteiger partial charge < -0.3 is 10.4 Å². The van der Waals surface area contributed by atoms with E-state index in [1.165, 1.54) is 10.9 Å². The van der Waals surface area contributed by atoms with Crippen molar-refractivity contribution in [1.29, 1.82) is 0 Å². The van der Waals surface area contributed by atoms with Crippen LogP contribution in [-0.4, -0.2) is 26.8 Å². The van der Waals surface area contributed by atoms with Crippen molar-refractivity contribution in [3.8, 4) is 12.3 Å². The largest absolute Gasteiger partial charge is 0.479 e. The number of hydrogen-bond acceptors (Lipinski definition) is 3. The van der Waals surface area contributed by atoms with E-state index in [1.807, 2.05) is 0 Å². The number of aryl methyl sites for hydroxylation is 1. The zero-order valence-electron chi connectivity index (χ0n) is 9.38. The standard InChI is InChI=1S/C11H13N3O3/c1-3-4-5-9(15)13-10(11(16)17)8-6-12-14(2)7-8/h1,6-7,10H,4-5H2,2H3,(H,13,15)(H,16,17). The summed E-state index contributed by atoms with van der Waals surface area (Å²) in [6.07, 6.45) is 8.36. The Balaban J connectivity index is 2.71. The number of carboxylic acid groups (broad SMARTS) is 1. The van der Waals surface area contributed by atoms with Gasteiger partial charge in [-0.3, -0.25) is 9.48 Å². The van der Waals surface area contributed by atoms with Crippen LogP contribution in [0.2, 0.25) is 0 Å². The molecule has 0 fully saturated rings. The highest BCUT2D eigenvalue weighted by molar-refractivity contribution is 5.84. The summed E-state index contributed by atoms with van der Waals surface area (Å²) in [4.78, 5) is 22.4. The molecule has 0 aromatic carbocycles. The summed E-state index contributed by atoms with van der Waals surface area (Å²) in [6.45, 7) is 0. The fourth-order valence-corrected chi connectivity index (χ4v) is 1.30. The minimum atomic E-state index is -1.13. The molecule has 1 heterocycles. The molecule has 1 rings (SSSR count). The molecule has 0 spiro atoms. The van der Waals surface area contributed by atoms with Gasteiger partial charge in [-0.2, -0.15) is 5.10 Å². The summed E-state index contributed by atoms with van der Waals surface area (Å²) in [5.41, 5.74) is 0.425. The molecule has 0 aliphatic rings. The lowest BCUT2D eigenvalue weighted by atomic mass is 10.1. The first-order valence-electron chi connectivity index (χ1n) is 4.98. The Morgan fingerprint density at radius 3 is 2.88 bits per heavy atom. The van der Waals surface area contributed by atoms with Gasteiger partial charge in [0, 0.05) is 31.6 Å². The second kappa shape index (κ2) is 5.70. The molecular weight excluding hydrogens is 222 g/mol. The Labute approximate surface area is 98.6 Å². The van der Waals surface area contributed by atoms with Gasteiger partial charge in [-0.1, -0.05) is 0 Å². The molecule has 0 aliphatic heterocycles. The van der Waals surface area contributed by atoms with Crippen LogP contribution in [0.3, 0.4) is 0 Å². The minimum absolute atomic E-state index is 0.112. The van der Waals surface area contributed by atoms with E-state index < -0.39 is 12.0 Å². The first-order chi connectivity index (χ1) is 8.04. The third-order valence-corrected chi connectivity index (χ3v) is 2.11. The lowest BCUT2D eigenvalue weighted by Gasteiger charge is -2.12. The van der Waals surface area contributed by atoms with E-state index in [1.54, 1.807) is 13.2 Å². The van der Waals surface area contributed by atoms with Crippen molar-refractivity contribution in [3.05, 3.63) is 18.0 Å². The Hall–Kier alpha value is -2.29. The van der Waals surface area contributed by atoms with Gasteiger partial charge in [0.2, 0.25) is 5.91 Å². The molecule has 17 heavy (non-hydrogen) atoms. The highest BCUT2D eigenvalue weighted by Gasteiger charge is 2.22. The van der Waals surface area contributed by atoms with Crippen molar-refractivity contribution >= 4 is 11.9 Å². The summed E-state index contributed by atoms with van der Waals surface area (Å²) < 4.78 is 1.47. The second-order valence-electron chi connectivity index (χ2n) is 3.49. The van der Waals surface area contributed by atoms with E-state index >= 15 is 0 Å². The summed E-state index contributed by atoms with van der Waals surface area (Å²) in [5.74, 6) is 0.798. The fourth-order valence-electron chi connectivity index (χ4n) is 1.30. The summed E-state index contributed by atoms with van der Waals surface area (Å²) in [5, 5.41) is 15.3. The number of amides is 1. The van der Waals surface area contributed by atoms with Gasteiger partial charge in [0.1, 0.15) is 0 Å². The molecular formula is C11H13N3O3. The zero-order chi connectivity index (χ0) is 12.8. The van der Waals surface area contributed by atoms with Crippen LogP contribution in [0.1, 0.15) is 24.4 Å². The van der Waals surface area contributed by atoms with Crippen molar-refractivity contribution < 1.29 is 14.7 Å². The Bertz CT molecular complexity index is 459. The minimum Gasteiger partial charge on any atom is -0.479 e. The van der Waals surface area contributed by atoms with Crippen LogP contribution < -0.4 is 5.32 Å². The second-order valence-corrected chi connectivity index (χ2v) is 3.49. The summed E-state index contributed by atoms with van der Waals surface area (Å²) >= 11 is 0. The molecule has 0 radical (unpaired) electrons. The van der Waals surface area contributed by atoms with E-state index in [9.17, 15) is 9.59 Å². The van der Waals surface area contributed by atoms with E-state index in [4.69, 9.17) is 11.5 Å². The Morgan fingerprint density at radius 2 is 2.41 bits per heavy atom. The molecule has 0 aliphatic carbocycles. The first kappa shape index (κ1) is 12.8. The first-order valence-corrected chi connectivity index (χ1v) is 4.98. The zero-order valence-corrected chi connectivity index (χ0v) is 9.38. The number of nitrogens with zero attached hydrogens (tertiary/aromatic N) is 2. The van der Waals surface area contributed by atoms with Gasteiger partial charge in [-0.05, 0) is 0 Å². The number of carbonyl (C=O) groups excluding carboxylic acids is 1. The van der Waals surface area contributed by atoms with Crippen LogP contribution in [0.25, 0.3) is 0 Å². The van der Waals surface area contributed by atoms with E-state index in [0.717, 1.165) is 0 Å². The van der Waals surface area contributed by atoms with Crippen LogP contribution in [-0.2, 0) is 16.6 Å². The molecule has 2 N–H and O–H groups in total. The number of terminal acetylenes is 1. The number of hydrogen-bond donors (Lipinski definition) is 2. The van der Waals surface area contributed by atoms with Crippen molar-refractivity contribution in [2.24, 2.45) is 7.05 Å². The number of carbonyl (C=O) groups is 2. The van der Waals surface area contributed by atoms with Crippen molar-refractivity contribution in [2.75, 3.05) is 0 Å². The fraction of sp³-hybridized carbons (Fsp3) is 0.364. The van der Waals surface area contributed by atoms with E-state index in [-0.39, 0.29) is 18.7 Å². The van der Waals surface area contributed by atoms with E-state index in [0.29, 0.717) is 5.56 Å². The quantitative estimate of drug-likeness (QED) is 0.708. The predicted octanol–water partition coefficient (Wildman–Crippen LogP) is 0.0754. The van der Waals surface area contributed by atoms with E-state index in [2.05, 4.69) is 16.3 Å². The maximum Gasteiger partial charge on any atom is 0.331 e. The molecule has 6 heteroatoms. The number of rotatable bonds is 5. The molecule has 90 valence electrons.